The van der Waals surface area contributed by atoms with Gasteiger partial charge in [-0.25, -0.2) is 4.79 Å². The van der Waals surface area contributed by atoms with Crippen LogP contribution in [-0.4, -0.2) is 30.8 Å². The Morgan fingerprint density at radius 3 is 2.63 bits per heavy atom. The molecule has 0 saturated carbocycles. The SMILES string of the molecule is Cc1ccc(C)c(C(=O)COC(=O)c2ccc(Cl)c(N3CCCC3=O)c2)c1. The van der Waals surface area contributed by atoms with Gasteiger partial charge in [-0.05, 0) is 50.1 Å². The lowest BCUT2D eigenvalue weighted by molar-refractivity contribution is -0.117. The molecule has 0 unspecified atom stereocenters. The Hall–Kier alpha value is -2.66. The molecule has 2 aromatic carbocycles. The van der Waals surface area contributed by atoms with Gasteiger partial charge < -0.3 is 9.64 Å². The molecular formula is C21H20ClNO4. The second-order valence-electron chi connectivity index (χ2n) is 6.63. The summed E-state index contributed by atoms with van der Waals surface area (Å²) in [4.78, 5) is 38.3. The molecule has 0 bridgehead atoms. The maximum absolute atomic E-state index is 12.4. The molecule has 1 saturated heterocycles. The average molecular weight is 386 g/mol. The van der Waals surface area contributed by atoms with Crippen LogP contribution >= 0.6 is 11.6 Å². The number of carbonyl (C=O) groups excluding carboxylic acids is 3. The van der Waals surface area contributed by atoms with Gasteiger partial charge in [0.2, 0.25) is 11.7 Å². The number of amides is 1. The summed E-state index contributed by atoms with van der Waals surface area (Å²) in [7, 11) is 0. The van der Waals surface area contributed by atoms with Crippen molar-refractivity contribution in [3.8, 4) is 0 Å². The number of rotatable bonds is 5. The molecule has 1 heterocycles. The lowest BCUT2D eigenvalue weighted by atomic mass is 10.0. The fourth-order valence-electron chi connectivity index (χ4n) is 3.08. The summed E-state index contributed by atoms with van der Waals surface area (Å²) >= 11 is 6.19. The first-order valence-electron chi connectivity index (χ1n) is 8.74. The van der Waals surface area contributed by atoms with E-state index < -0.39 is 5.97 Å². The molecule has 0 atom stereocenters. The fraction of sp³-hybridized carbons (Fsp3) is 0.286. The monoisotopic (exact) mass is 385 g/mol. The van der Waals surface area contributed by atoms with Crippen molar-refractivity contribution < 1.29 is 19.1 Å². The van der Waals surface area contributed by atoms with Crippen molar-refractivity contribution in [2.75, 3.05) is 18.1 Å². The van der Waals surface area contributed by atoms with E-state index in [1.807, 2.05) is 26.0 Å². The Morgan fingerprint density at radius 1 is 1.15 bits per heavy atom. The standard InChI is InChI=1S/C21H20ClNO4/c1-13-5-6-14(2)16(10-13)19(24)12-27-21(26)15-7-8-17(22)18(11-15)23-9-3-4-20(23)25/h5-8,10-11H,3-4,9,12H2,1-2H3. The molecule has 1 fully saturated rings. The molecule has 140 valence electrons. The Labute approximate surface area is 162 Å². The summed E-state index contributed by atoms with van der Waals surface area (Å²) in [5.41, 5.74) is 3.09. The van der Waals surface area contributed by atoms with Crippen molar-refractivity contribution >= 4 is 34.9 Å². The van der Waals surface area contributed by atoms with Crippen molar-refractivity contribution in [2.45, 2.75) is 26.7 Å². The third-order valence-electron chi connectivity index (χ3n) is 4.57. The van der Waals surface area contributed by atoms with Gasteiger partial charge in [-0.2, -0.15) is 0 Å². The van der Waals surface area contributed by atoms with Crippen LogP contribution in [-0.2, 0) is 9.53 Å². The number of ether oxygens (including phenoxy) is 1. The topological polar surface area (TPSA) is 63.7 Å². The van der Waals surface area contributed by atoms with Crippen molar-refractivity contribution in [2.24, 2.45) is 0 Å². The molecule has 1 aliphatic rings. The van der Waals surface area contributed by atoms with Crippen LogP contribution in [0, 0.1) is 13.8 Å². The fourth-order valence-corrected chi connectivity index (χ4v) is 3.30. The van der Waals surface area contributed by atoms with Gasteiger partial charge in [-0.1, -0.05) is 29.3 Å². The number of halogens is 1. The summed E-state index contributed by atoms with van der Waals surface area (Å²) < 4.78 is 5.19. The Balaban J connectivity index is 1.72. The van der Waals surface area contributed by atoms with Crippen LogP contribution in [0.25, 0.3) is 0 Å². The highest BCUT2D eigenvalue weighted by atomic mass is 35.5. The molecule has 6 heteroatoms. The number of aryl methyl sites for hydroxylation is 2. The highest BCUT2D eigenvalue weighted by Crippen LogP contribution is 2.30. The first-order valence-corrected chi connectivity index (χ1v) is 9.12. The van der Waals surface area contributed by atoms with Crippen molar-refractivity contribution in [1.29, 1.82) is 0 Å². The average Bonchev–Trinajstić information content (AvgIpc) is 3.07. The maximum atomic E-state index is 12.4. The highest BCUT2D eigenvalue weighted by molar-refractivity contribution is 6.34. The first-order chi connectivity index (χ1) is 12.9. The molecule has 3 rings (SSSR count). The predicted molar refractivity (Wildman–Crippen MR) is 104 cm³/mol. The van der Waals surface area contributed by atoms with E-state index in [9.17, 15) is 14.4 Å². The van der Waals surface area contributed by atoms with Gasteiger partial charge in [0.05, 0.1) is 16.3 Å². The molecule has 5 nitrogen and oxygen atoms in total. The summed E-state index contributed by atoms with van der Waals surface area (Å²) in [6.45, 7) is 3.97. The van der Waals surface area contributed by atoms with E-state index in [-0.39, 0.29) is 23.9 Å². The zero-order valence-electron chi connectivity index (χ0n) is 15.3. The van der Waals surface area contributed by atoms with E-state index in [4.69, 9.17) is 16.3 Å². The minimum atomic E-state index is -0.627. The lowest BCUT2D eigenvalue weighted by Crippen LogP contribution is -2.24. The minimum Gasteiger partial charge on any atom is -0.454 e. The van der Waals surface area contributed by atoms with Crippen LogP contribution in [0.5, 0.6) is 0 Å². The van der Waals surface area contributed by atoms with Gasteiger partial charge in [0.1, 0.15) is 0 Å². The van der Waals surface area contributed by atoms with Gasteiger partial charge in [-0.15, -0.1) is 0 Å². The van der Waals surface area contributed by atoms with Gasteiger partial charge in [-0.3, -0.25) is 9.59 Å². The minimum absolute atomic E-state index is 0.0208. The number of carbonyl (C=O) groups is 3. The summed E-state index contributed by atoms with van der Waals surface area (Å²) in [5.74, 6) is -0.904. The van der Waals surface area contributed by atoms with Gasteiger partial charge in [0.15, 0.2) is 6.61 Å². The second-order valence-corrected chi connectivity index (χ2v) is 7.04. The van der Waals surface area contributed by atoms with Gasteiger partial charge in [0, 0.05) is 18.5 Å². The molecule has 0 aromatic heterocycles. The molecule has 1 amide bonds. The van der Waals surface area contributed by atoms with Crippen molar-refractivity contribution in [1.82, 2.24) is 0 Å². The lowest BCUT2D eigenvalue weighted by Gasteiger charge is -2.18. The highest BCUT2D eigenvalue weighted by Gasteiger charge is 2.25. The molecule has 0 aliphatic carbocycles. The van der Waals surface area contributed by atoms with Gasteiger partial charge in [0.25, 0.3) is 0 Å². The summed E-state index contributed by atoms with van der Waals surface area (Å²) in [6.07, 6.45) is 1.23. The van der Waals surface area contributed by atoms with E-state index in [2.05, 4.69) is 0 Å². The maximum Gasteiger partial charge on any atom is 0.338 e. The number of Topliss-reactive ketones (excluding diaryl/α,β-unsaturated/α-hetero) is 1. The third kappa shape index (κ3) is 4.19. The van der Waals surface area contributed by atoms with E-state index in [1.54, 1.807) is 17.0 Å². The third-order valence-corrected chi connectivity index (χ3v) is 4.89. The largest absolute Gasteiger partial charge is 0.454 e. The van der Waals surface area contributed by atoms with Crippen molar-refractivity contribution in [3.63, 3.8) is 0 Å². The molecule has 0 radical (unpaired) electrons. The molecule has 1 aliphatic heterocycles. The smallest absolute Gasteiger partial charge is 0.338 e. The Morgan fingerprint density at radius 2 is 1.93 bits per heavy atom. The summed E-state index contributed by atoms with van der Waals surface area (Å²) in [6, 6.07) is 10.2. The van der Waals surface area contributed by atoms with Crippen LogP contribution in [0.4, 0.5) is 5.69 Å². The Bertz CT molecular complexity index is 922. The molecule has 27 heavy (non-hydrogen) atoms. The molecule has 0 N–H and O–H groups in total. The van der Waals surface area contributed by atoms with E-state index in [0.717, 1.165) is 17.5 Å². The number of anilines is 1. The van der Waals surface area contributed by atoms with Crippen LogP contribution in [0.15, 0.2) is 36.4 Å². The molecule has 2 aromatic rings. The number of hydrogen-bond acceptors (Lipinski definition) is 4. The predicted octanol–water partition coefficient (Wildman–Crippen LogP) is 4.12. The van der Waals surface area contributed by atoms with Crippen LogP contribution in [0.1, 0.15) is 44.7 Å². The number of esters is 1. The van der Waals surface area contributed by atoms with Crippen LogP contribution in [0.2, 0.25) is 5.02 Å². The van der Waals surface area contributed by atoms with Crippen LogP contribution in [0.3, 0.4) is 0 Å². The number of benzene rings is 2. The Kier molecular flexibility index (Phi) is 5.61. The molecular weight excluding hydrogens is 366 g/mol. The summed E-state index contributed by atoms with van der Waals surface area (Å²) in [5, 5.41) is 0.397. The number of ketones is 1. The molecule has 0 spiro atoms. The van der Waals surface area contributed by atoms with E-state index in [0.29, 0.717) is 29.2 Å². The normalized spacial score (nSPS) is 13.7. The van der Waals surface area contributed by atoms with Crippen molar-refractivity contribution in [3.05, 3.63) is 63.7 Å². The van der Waals surface area contributed by atoms with Gasteiger partial charge >= 0.3 is 5.97 Å². The number of nitrogens with zero attached hydrogens (tertiary/aromatic N) is 1. The van der Waals surface area contributed by atoms with Crippen LogP contribution < -0.4 is 4.90 Å². The quantitative estimate of drug-likeness (QED) is 0.573. The second kappa shape index (κ2) is 7.92. The van der Waals surface area contributed by atoms with E-state index >= 15 is 0 Å². The first kappa shape index (κ1) is 19.1. The zero-order valence-corrected chi connectivity index (χ0v) is 16.0. The number of hydrogen-bond donors (Lipinski definition) is 0. The van der Waals surface area contributed by atoms with E-state index in [1.165, 1.54) is 12.1 Å². The zero-order chi connectivity index (χ0) is 19.6.